The lowest BCUT2D eigenvalue weighted by Gasteiger charge is -2.39. The van der Waals surface area contributed by atoms with E-state index in [1.54, 1.807) is 0 Å². The lowest BCUT2D eigenvalue weighted by atomic mass is 9.82. The van der Waals surface area contributed by atoms with Crippen LogP contribution in [-0.2, 0) is 4.74 Å². The van der Waals surface area contributed by atoms with Crippen molar-refractivity contribution in [3.05, 3.63) is 0 Å². The molecule has 0 aromatic heterocycles. The molecule has 2 N–H and O–H groups in total. The molecule has 0 bridgehead atoms. The topological polar surface area (TPSA) is 38.5 Å². The van der Waals surface area contributed by atoms with Crippen LogP contribution in [0.3, 0.4) is 0 Å². The van der Waals surface area contributed by atoms with Crippen LogP contribution >= 0.6 is 0 Å². The van der Waals surface area contributed by atoms with E-state index in [1.807, 2.05) is 0 Å². The Morgan fingerprint density at radius 3 is 2.75 bits per heavy atom. The highest BCUT2D eigenvalue weighted by molar-refractivity contribution is 4.86. The molecule has 0 aromatic rings. The van der Waals surface area contributed by atoms with Gasteiger partial charge in [0, 0.05) is 19.1 Å². The molecular weight excluding hydrogens is 200 g/mol. The summed E-state index contributed by atoms with van der Waals surface area (Å²) in [5.41, 5.74) is 6.39. The number of likely N-dealkylation sites (N-methyl/N-ethyl adjacent to an activating group) is 1. The second-order valence-electron chi connectivity index (χ2n) is 5.28. The maximum absolute atomic E-state index is 6.39. The molecule has 1 saturated heterocycles. The molecular formula is C13H26N2O. The van der Waals surface area contributed by atoms with Crippen molar-refractivity contribution in [3.63, 3.8) is 0 Å². The molecule has 0 amide bonds. The fourth-order valence-corrected chi connectivity index (χ4v) is 3.07. The summed E-state index contributed by atoms with van der Waals surface area (Å²) in [6, 6.07) is 0.259. The van der Waals surface area contributed by atoms with E-state index in [2.05, 4.69) is 11.8 Å². The minimum atomic E-state index is 0.259. The lowest BCUT2D eigenvalue weighted by Crippen LogP contribution is -2.53. The number of nitrogens with zero attached hydrogens (tertiary/aromatic N) is 1. The van der Waals surface area contributed by atoms with Crippen LogP contribution in [-0.4, -0.2) is 43.3 Å². The third kappa shape index (κ3) is 2.96. The second kappa shape index (κ2) is 5.99. The molecule has 2 rings (SSSR count). The predicted octanol–water partition coefficient (Wildman–Crippen LogP) is 1.61. The number of rotatable bonds is 3. The second-order valence-corrected chi connectivity index (χ2v) is 5.28. The van der Waals surface area contributed by atoms with Crippen LogP contribution in [0.5, 0.6) is 0 Å². The van der Waals surface area contributed by atoms with Crippen molar-refractivity contribution < 1.29 is 4.74 Å². The van der Waals surface area contributed by atoms with Gasteiger partial charge in [-0.1, -0.05) is 26.2 Å². The lowest BCUT2D eigenvalue weighted by molar-refractivity contribution is -0.0503. The summed E-state index contributed by atoms with van der Waals surface area (Å²) in [5, 5.41) is 0. The van der Waals surface area contributed by atoms with Crippen LogP contribution in [0.25, 0.3) is 0 Å². The molecule has 0 radical (unpaired) electrons. The van der Waals surface area contributed by atoms with E-state index in [0.29, 0.717) is 5.92 Å². The molecule has 1 aliphatic carbocycles. The first-order valence-electron chi connectivity index (χ1n) is 6.90. The summed E-state index contributed by atoms with van der Waals surface area (Å²) < 4.78 is 5.86. The standard InChI is InChI=1S/C13H26N2O/c1-2-15-8-9-16-12(10-15)13(14)11-6-4-3-5-7-11/h11-13H,2-10,14H2,1H3. The number of hydrogen-bond acceptors (Lipinski definition) is 3. The van der Waals surface area contributed by atoms with E-state index in [0.717, 1.165) is 26.2 Å². The van der Waals surface area contributed by atoms with E-state index in [4.69, 9.17) is 10.5 Å². The summed E-state index contributed by atoms with van der Waals surface area (Å²) >= 11 is 0. The van der Waals surface area contributed by atoms with Gasteiger partial charge in [0.15, 0.2) is 0 Å². The van der Waals surface area contributed by atoms with Gasteiger partial charge in [0.25, 0.3) is 0 Å². The maximum Gasteiger partial charge on any atom is 0.0855 e. The zero-order valence-corrected chi connectivity index (χ0v) is 10.5. The van der Waals surface area contributed by atoms with Crippen molar-refractivity contribution in [3.8, 4) is 0 Å². The first-order chi connectivity index (χ1) is 7.81. The van der Waals surface area contributed by atoms with Crippen LogP contribution < -0.4 is 5.73 Å². The molecule has 2 fully saturated rings. The average Bonchev–Trinajstić information content (AvgIpc) is 2.39. The number of nitrogens with two attached hydrogens (primary N) is 1. The molecule has 0 spiro atoms. The summed E-state index contributed by atoms with van der Waals surface area (Å²) in [5.74, 6) is 0.704. The normalized spacial score (nSPS) is 31.5. The molecule has 1 heterocycles. The van der Waals surface area contributed by atoms with Crippen molar-refractivity contribution in [2.45, 2.75) is 51.2 Å². The predicted molar refractivity (Wildman–Crippen MR) is 66.4 cm³/mol. The molecule has 2 aliphatic rings. The molecule has 94 valence electrons. The Morgan fingerprint density at radius 2 is 2.06 bits per heavy atom. The summed E-state index contributed by atoms with van der Waals surface area (Å²) in [6.07, 6.45) is 7.03. The quantitative estimate of drug-likeness (QED) is 0.794. The third-order valence-corrected chi connectivity index (χ3v) is 4.25. The number of ether oxygens (including phenoxy) is 1. The van der Waals surface area contributed by atoms with E-state index in [1.165, 1.54) is 32.1 Å². The van der Waals surface area contributed by atoms with Gasteiger partial charge in [-0.25, -0.2) is 0 Å². The highest BCUT2D eigenvalue weighted by atomic mass is 16.5. The molecule has 2 atom stereocenters. The fraction of sp³-hybridized carbons (Fsp3) is 1.00. The largest absolute Gasteiger partial charge is 0.374 e. The monoisotopic (exact) mass is 226 g/mol. The summed E-state index contributed by atoms with van der Waals surface area (Å²) in [6.45, 7) is 6.31. The van der Waals surface area contributed by atoms with Gasteiger partial charge >= 0.3 is 0 Å². The van der Waals surface area contributed by atoms with E-state index >= 15 is 0 Å². The Bertz CT molecular complexity index is 204. The zero-order valence-electron chi connectivity index (χ0n) is 10.5. The zero-order chi connectivity index (χ0) is 11.4. The van der Waals surface area contributed by atoms with Crippen molar-refractivity contribution in [2.75, 3.05) is 26.2 Å². The van der Waals surface area contributed by atoms with Gasteiger partial charge in [0.2, 0.25) is 0 Å². The highest BCUT2D eigenvalue weighted by Gasteiger charge is 2.31. The smallest absolute Gasteiger partial charge is 0.0855 e. The van der Waals surface area contributed by atoms with Crippen molar-refractivity contribution in [1.29, 1.82) is 0 Å². The van der Waals surface area contributed by atoms with Crippen molar-refractivity contribution >= 4 is 0 Å². The molecule has 0 aromatic carbocycles. The van der Waals surface area contributed by atoms with E-state index < -0.39 is 0 Å². The van der Waals surface area contributed by atoms with Gasteiger partial charge in [-0.2, -0.15) is 0 Å². The first kappa shape index (κ1) is 12.3. The number of hydrogen-bond donors (Lipinski definition) is 1. The minimum Gasteiger partial charge on any atom is -0.374 e. The molecule has 16 heavy (non-hydrogen) atoms. The van der Waals surface area contributed by atoms with Gasteiger partial charge in [0.05, 0.1) is 12.7 Å². The molecule has 1 saturated carbocycles. The Labute approximate surface area is 99.3 Å². The Balaban J connectivity index is 1.84. The summed E-state index contributed by atoms with van der Waals surface area (Å²) in [4.78, 5) is 2.46. The van der Waals surface area contributed by atoms with Crippen LogP contribution in [0.1, 0.15) is 39.0 Å². The SMILES string of the molecule is CCN1CCOC(C(N)C2CCCCC2)C1. The Morgan fingerprint density at radius 1 is 1.31 bits per heavy atom. The molecule has 3 nitrogen and oxygen atoms in total. The van der Waals surface area contributed by atoms with Gasteiger partial charge in [0.1, 0.15) is 0 Å². The van der Waals surface area contributed by atoms with Crippen molar-refractivity contribution in [2.24, 2.45) is 11.7 Å². The Hall–Kier alpha value is -0.120. The van der Waals surface area contributed by atoms with Crippen LogP contribution in [0.15, 0.2) is 0 Å². The van der Waals surface area contributed by atoms with Crippen LogP contribution in [0.4, 0.5) is 0 Å². The van der Waals surface area contributed by atoms with E-state index in [-0.39, 0.29) is 12.1 Å². The maximum atomic E-state index is 6.39. The van der Waals surface area contributed by atoms with Gasteiger partial charge in [-0.15, -0.1) is 0 Å². The van der Waals surface area contributed by atoms with Crippen LogP contribution in [0.2, 0.25) is 0 Å². The van der Waals surface area contributed by atoms with E-state index in [9.17, 15) is 0 Å². The van der Waals surface area contributed by atoms with Gasteiger partial charge < -0.3 is 10.5 Å². The van der Waals surface area contributed by atoms with Crippen molar-refractivity contribution in [1.82, 2.24) is 4.90 Å². The third-order valence-electron chi connectivity index (χ3n) is 4.25. The summed E-state index contributed by atoms with van der Waals surface area (Å²) in [7, 11) is 0. The number of morpholine rings is 1. The average molecular weight is 226 g/mol. The highest BCUT2D eigenvalue weighted by Crippen LogP contribution is 2.28. The van der Waals surface area contributed by atoms with Gasteiger partial charge in [-0.05, 0) is 25.3 Å². The van der Waals surface area contributed by atoms with Crippen LogP contribution in [0, 0.1) is 5.92 Å². The minimum absolute atomic E-state index is 0.259. The molecule has 1 aliphatic heterocycles. The molecule has 3 heteroatoms. The molecule has 2 unspecified atom stereocenters. The van der Waals surface area contributed by atoms with Gasteiger partial charge in [-0.3, -0.25) is 4.90 Å². The fourth-order valence-electron chi connectivity index (χ4n) is 3.07. The first-order valence-corrected chi connectivity index (χ1v) is 6.90. The Kier molecular flexibility index (Phi) is 4.62.